The second-order valence-electron chi connectivity index (χ2n) is 11.5. The molecule has 1 unspecified atom stereocenters. The van der Waals surface area contributed by atoms with Crippen molar-refractivity contribution in [3.63, 3.8) is 0 Å². The Morgan fingerprint density at radius 3 is 1.61 bits per heavy atom. The van der Waals surface area contributed by atoms with E-state index < -0.39 is 11.3 Å². The average molecular weight is 749 g/mol. The van der Waals surface area contributed by atoms with Crippen molar-refractivity contribution in [3.05, 3.63) is 63.6 Å². The van der Waals surface area contributed by atoms with E-state index in [1.165, 1.54) is 67.5 Å². The monoisotopic (exact) mass is 748 g/mol. The second kappa shape index (κ2) is 19.8. The van der Waals surface area contributed by atoms with Crippen LogP contribution in [-0.4, -0.2) is 59.4 Å². The first kappa shape index (κ1) is 43.7. The van der Waals surface area contributed by atoms with Crippen molar-refractivity contribution in [2.75, 3.05) is 0 Å². The van der Waals surface area contributed by atoms with Crippen LogP contribution in [0.15, 0.2) is 21.9 Å². The van der Waals surface area contributed by atoms with Crippen molar-refractivity contribution in [2.45, 2.75) is 109 Å². The van der Waals surface area contributed by atoms with Gasteiger partial charge >= 0.3 is 0 Å². The molecule has 14 heteroatoms. The Morgan fingerprint density at radius 1 is 0.776 bits per heavy atom. The predicted octanol–water partition coefficient (Wildman–Crippen LogP) is 8.24. The normalized spacial score (nSPS) is 14.2. The van der Waals surface area contributed by atoms with E-state index >= 15 is 0 Å². The van der Waals surface area contributed by atoms with Gasteiger partial charge in [0.05, 0.1) is 34.6 Å². The zero-order valence-corrected chi connectivity index (χ0v) is 34.1. The number of thioether (sulfide) groups is 1. The molecule has 1 aliphatic rings. The minimum Gasteiger partial charge on any atom is -0.512 e. The summed E-state index contributed by atoms with van der Waals surface area (Å²) in [4.78, 5) is 75.3. The van der Waals surface area contributed by atoms with E-state index in [4.69, 9.17) is 0 Å². The summed E-state index contributed by atoms with van der Waals surface area (Å²) in [6.07, 6.45) is 0.485. The molecule has 0 saturated carbocycles. The lowest BCUT2D eigenvalue weighted by atomic mass is 9.99. The lowest BCUT2D eigenvalue weighted by Gasteiger charge is -2.28. The second-order valence-corrected chi connectivity index (χ2v) is 16.4. The molecule has 1 atom stereocenters. The summed E-state index contributed by atoms with van der Waals surface area (Å²) in [5.41, 5.74) is 6.14. The van der Waals surface area contributed by atoms with Crippen LogP contribution < -0.4 is 0 Å². The molecule has 0 aliphatic carbocycles. The van der Waals surface area contributed by atoms with Gasteiger partial charge in [-0.1, -0.05) is 0 Å². The maximum absolute atomic E-state index is 11.6. The van der Waals surface area contributed by atoms with Gasteiger partial charge in [0.25, 0.3) is 0 Å². The van der Waals surface area contributed by atoms with Crippen LogP contribution in [0.25, 0.3) is 5.57 Å². The zero-order valence-electron chi connectivity index (χ0n) is 30.8. The number of amides is 1. The molecule has 3 aromatic rings. The molecule has 3 aromatic heterocycles. The van der Waals surface area contributed by atoms with Crippen molar-refractivity contribution in [3.8, 4) is 0 Å². The average Bonchev–Trinajstić information content (AvgIpc) is 3.67. The smallest absolute Gasteiger partial charge is 0.224 e. The largest absolute Gasteiger partial charge is 0.512 e. The highest BCUT2D eigenvalue weighted by Gasteiger charge is 2.41. The number of aromatic nitrogens is 3. The van der Waals surface area contributed by atoms with E-state index in [0.717, 1.165) is 37.6 Å². The molecule has 49 heavy (non-hydrogen) atoms. The quantitative estimate of drug-likeness (QED) is 0.142. The van der Waals surface area contributed by atoms with Crippen molar-refractivity contribution in [2.24, 2.45) is 5.92 Å². The van der Waals surface area contributed by atoms with Gasteiger partial charge in [0.15, 0.2) is 5.78 Å². The molecule has 4 heterocycles. The van der Waals surface area contributed by atoms with Crippen molar-refractivity contribution in [1.82, 2.24) is 19.9 Å². The van der Waals surface area contributed by atoms with Crippen molar-refractivity contribution >= 4 is 80.4 Å². The van der Waals surface area contributed by atoms with Gasteiger partial charge in [0.2, 0.25) is 5.91 Å². The Balaban J connectivity index is 0.000000340. The number of rotatable bonds is 7. The van der Waals surface area contributed by atoms with Gasteiger partial charge < -0.3 is 10.0 Å². The third kappa shape index (κ3) is 13.1. The summed E-state index contributed by atoms with van der Waals surface area (Å²) in [5.74, 6) is -1.20. The maximum Gasteiger partial charge on any atom is 0.224 e. The molecular formula is C35H48N4O6S4. The Bertz CT molecular complexity index is 1670. The number of aryl methyl sites for hydroxylation is 6. The van der Waals surface area contributed by atoms with Gasteiger partial charge in [-0.3, -0.25) is 24.0 Å². The first-order chi connectivity index (χ1) is 22.6. The number of Topliss-reactive ketones (excluding diaryl/α,β-unsaturated/α-hetero) is 4. The van der Waals surface area contributed by atoms with Gasteiger partial charge in [-0.25, -0.2) is 15.0 Å². The van der Waals surface area contributed by atoms with Crippen LogP contribution in [0.1, 0.15) is 97.1 Å². The molecule has 0 bridgehead atoms. The third-order valence-electron chi connectivity index (χ3n) is 7.34. The first-order valence-electron chi connectivity index (χ1n) is 15.4. The Kier molecular flexibility index (Phi) is 17.6. The lowest BCUT2D eigenvalue weighted by molar-refractivity contribution is -0.134. The molecule has 1 aliphatic heterocycles. The summed E-state index contributed by atoms with van der Waals surface area (Å²) in [6, 6.07) is 0. The van der Waals surface area contributed by atoms with Crippen LogP contribution in [0.3, 0.4) is 0 Å². The fourth-order valence-corrected chi connectivity index (χ4v) is 8.55. The standard InChI is InChI=1S/C12H17NO3S.C10H13NO2S.C8H11NOS.C5H7NS/c1-6-9(4)17-12(13(6)10(5)16)11(7(2)14)8(3)15;1-5-8(4)14-10(11-5)9(6(2)12)7(3)13;1-5(10)4-8-9-6(2)7(3)11-8;1-4-5(2)7-3-6-4/h11-12H,1-5H3;12H,1-4H3;4H2,1-3H3;3H,1-2H3. The number of nitrogens with zero attached hydrogens (tertiary/aromatic N) is 4. The highest BCUT2D eigenvalue weighted by molar-refractivity contribution is 8.03. The number of allylic oxidation sites excluding steroid dienone is 4. The number of carbonyl (C=O) groups excluding carboxylic acids is 5. The minimum absolute atomic E-state index is 0.0336. The summed E-state index contributed by atoms with van der Waals surface area (Å²) in [6.45, 7) is 24.4. The van der Waals surface area contributed by atoms with Crippen LogP contribution in [0, 0.1) is 47.5 Å². The molecule has 0 spiro atoms. The molecule has 0 aromatic carbocycles. The molecule has 1 N–H and O–H groups in total. The zero-order chi connectivity index (χ0) is 37.9. The van der Waals surface area contributed by atoms with Gasteiger partial charge in [-0.2, -0.15) is 0 Å². The van der Waals surface area contributed by atoms with Gasteiger partial charge in [-0.05, 0) is 90.0 Å². The predicted molar refractivity (Wildman–Crippen MR) is 202 cm³/mol. The number of aliphatic hydroxyl groups excluding tert-OH is 1. The number of hydrogen-bond donors (Lipinski definition) is 1. The van der Waals surface area contributed by atoms with E-state index in [1.807, 2.05) is 54.0 Å². The fourth-order valence-electron chi connectivity index (χ4n) is 4.33. The molecule has 268 valence electrons. The molecule has 1 amide bonds. The van der Waals surface area contributed by atoms with Crippen molar-refractivity contribution < 1.29 is 29.1 Å². The number of thiazole rings is 3. The van der Waals surface area contributed by atoms with Crippen LogP contribution >= 0.6 is 45.8 Å². The summed E-state index contributed by atoms with van der Waals surface area (Å²) >= 11 is 6.15. The summed E-state index contributed by atoms with van der Waals surface area (Å²) < 4.78 is 0. The van der Waals surface area contributed by atoms with Crippen molar-refractivity contribution in [1.29, 1.82) is 0 Å². The third-order valence-corrected chi connectivity index (χ3v) is 11.7. The molecule has 4 rings (SSSR count). The molecule has 0 fully saturated rings. The first-order valence-corrected chi connectivity index (χ1v) is 18.8. The van der Waals surface area contributed by atoms with Gasteiger partial charge in [0, 0.05) is 32.2 Å². The minimum atomic E-state index is -0.740. The van der Waals surface area contributed by atoms with Crippen LogP contribution in [0.4, 0.5) is 0 Å². The maximum atomic E-state index is 11.6. The highest BCUT2D eigenvalue weighted by Crippen LogP contribution is 2.41. The number of hydrogen-bond acceptors (Lipinski definition) is 13. The molecule has 0 saturated heterocycles. The SMILES string of the molecule is CC(=O)C(=C(C)O)c1nc(C)c(C)s1.CC(=O)C(C(C)=O)C1SC(C)=C(C)N1C(C)=O.CC(=O)Cc1nc(C)c(C)s1.Cc1ncsc1C. The Labute approximate surface area is 306 Å². The topological polar surface area (TPSA) is 147 Å². The molecule has 10 nitrogen and oxygen atoms in total. The summed E-state index contributed by atoms with van der Waals surface area (Å²) in [7, 11) is 0. The van der Waals surface area contributed by atoms with Gasteiger partial charge in [0.1, 0.15) is 44.4 Å². The summed E-state index contributed by atoms with van der Waals surface area (Å²) in [5, 5.41) is 10.5. The van der Waals surface area contributed by atoms with E-state index in [9.17, 15) is 29.1 Å². The van der Waals surface area contributed by atoms with Gasteiger partial charge in [-0.15, -0.1) is 45.8 Å². The Morgan fingerprint density at radius 2 is 1.31 bits per heavy atom. The van der Waals surface area contributed by atoms with E-state index in [0.29, 0.717) is 17.0 Å². The van der Waals surface area contributed by atoms with Crippen LogP contribution in [0.5, 0.6) is 0 Å². The van der Waals surface area contributed by atoms with E-state index in [-0.39, 0.29) is 34.8 Å². The Hall–Kier alpha value is -3.33. The van der Waals surface area contributed by atoms with Crippen LogP contribution in [-0.2, 0) is 30.4 Å². The van der Waals surface area contributed by atoms with E-state index in [2.05, 4.69) is 21.9 Å². The molecule has 0 radical (unpaired) electrons. The molecular weight excluding hydrogens is 701 g/mol. The van der Waals surface area contributed by atoms with Crippen LogP contribution in [0.2, 0.25) is 0 Å². The highest BCUT2D eigenvalue weighted by atomic mass is 32.2. The number of ketones is 4. The number of aliphatic hydroxyl groups is 1. The lowest BCUT2D eigenvalue weighted by Crippen LogP contribution is -2.42. The van der Waals surface area contributed by atoms with E-state index in [1.54, 1.807) is 34.5 Å². The fraction of sp³-hybridized carbons (Fsp3) is 0.486. The number of carbonyl (C=O) groups is 5.